The molecule has 1 aliphatic heterocycles. The van der Waals surface area contributed by atoms with Crippen LogP contribution in [-0.4, -0.2) is 37.0 Å². The summed E-state index contributed by atoms with van der Waals surface area (Å²) in [4.78, 5) is 13.9. The number of rotatable bonds is 4. The van der Waals surface area contributed by atoms with Gasteiger partial charge in [0.25, 0.3) is 0 Å². The van der Waals surface area contributed by atoms with Gasteiger partial charge < -0.3 is 10.2 Å². The summed E-state index contributed by atoms with van der Waals surface area (Å²) in [5.41, 5.74) is 0. The van der Waals surface area contributed by atoms with E-state index in [4.69, 9.17) is 6.42 Å². The lowest BCUT2D eigenvalue weighted by Crippen LogP contribution is -2.43. The molecule has 0 aromatic rings. The van der Waals surface area contributed by atoms with E-state index in [2.05, 4.69) is 18.2 Å². The van der Waals surface area contributed by atoms with Crippen LogP contribution >= 0.6 is 0 Å². The molecule has 1 N–H and O–H groups in total. The van der Waals surface area contributed by atoms with Crippen molar-refractivity contribution < 1.29 is 4.79 Å². The molecule has 1 amide bonds. The van der Waals surface area contributed by atoms with E-state index in [9.17, 15) is 4.79 Å². The largest absolute Gasteiger partial charge is 0.331 e. The van der Waals surface area contributed by atoms with Gasteiger partial charge in [0, 0.05) is 13.1 Å². The van der Waals surface area contributed by atoms with E-state index >= 15 is 0 Å². The second-order valence-electron chi connectivity index (χ2n) is 4.01. The summed E-state index contributed by atoms with van der Waals surface area (Å²) < 4.78 is 0. The molecule has 1 heterocycles. The number of terminal acetylenes is 1. The van der Waals surface area contributed by atoms with E-state index in [1.165, 1.54) is 0 Å². The van der Waals surface area contributed by atoms with Gasteiger partial charge in [0.05, 0.1) is 12.5 Å². The Hall–Kier alpha value is -1.01. The Morgan fingerprint density at radius 3 is 3.00 bits per heavy atom. The molecule has 0 radical (unpaired) electrons. The van der Waals surface area contributed by atoms with E-state index in [1.807, 2.05) is 0 Å². The standard InChI is InChI=1S/C12H20N2O/c1-3-8-14(9-4-2)12(15)11-6-5-7-13-10-11/h1,11,13H,4-10H2,2H3/t11-/m0/s1. The zero-order chi connectivity index (χ0) is 11.1. The normalized spacial score (nSPS) is 20.7. The predicted octanol–water partition coefficient (Wildman–Crippen LogP) is 0.858. The van der Waals surface area contributed by atoms with E-state index in [0.717, 1.165) is 38.9 Å². The van der Waals surface area contributed by atoms with Crippen molar-refractivity contribution in [3.05, 3.63) is 0 Å². The van der Waals surface area contributed by atoms with Gasteiger partial charge in [-0.05, 0) is 25.8 Å². The van der Waals surface area contributed by atoms with Crippen molar-refractivity contribution >= 4 is 5.91 Å². The van der Waals surface area contributed by atoms with Crippen LogP contribution in [0.4, 0.5) is 0 Å². The second kappa shape index (κ2) is 6.47. The quantitative estimate of drug-likeness (QED) is 0.695. The average Bonchev–Trinajstić information content (AvgIpc) is 2.29. The fourth-order valence-electron chi connectivity index (χ4n) is 1.97. The van der Waals surface area contributed by atoms with Crippen molar-refractivity contribution in [2.24, 2.45) is 5.92 Å². The van der Waals surface area contributed by atoms with Crippen LogP contribution in [0, 0.1) is 18.3 Å². The van der Waals surface area contributed by atoms with Gasteiger partial charge in [0.15, 0.2) is 0 Å². The van der Waals surface area contributed by atoms with Gasteiger partial charge in [-0.2, -0.15) is 0 Å². The molecule has 15 heavy (non-hydrogen) atoms. The summed E-state index contributed by atoms with van der Waals surface area (Å²) in [6.45, 7) is 5.13. The molecule has 1 rings (SSSR count). The van der Waals surface area contributed by atoms with Gasteiger partial charge in [-0.15, -0.1) is 6.42 Å². The van der Waals surface area contributed by atoms with Crippen LogP contribution in [0.3, 0.4) is 0 Å². The highest BCUT2D eigenvalue weighted by atomic mass is 16.2. The first-order valence-electron chi connectivity index (χ1n) is 5.72. The van der Waals surface area contributed by atoms with Gasteiger partial charge in [0.2, 0.25) is 5.91 Å². The van der Waals surface area contributed by atoms with Crippen molar-refractivity contribution in [1.82, 2.24) is 10.2 Å². The van der Waals surface area contributed by atoms with Crippen molar-refractivity contribution in [3.8, 4) is 12.3 Å². The van der Waals surface area contributed by atoms with Crippen LogP contribution in [0.5, 0.6) is 0 Å². The summed E-state index contributed by atoms with van der Waals surface area (Å²) in [6, 6.07) is 0. The van der Waals surface area contributed by atoms with Gasteiger partial charge >= 0.3 is 0 Å². The van der Waals surface area contributed by atoms with Crippen LogP contribution in [0.2, 0.25) is 0 Å². The molecular formula is C12H20N2O. The number of piperidine rings is 1. The molecule has 1 fully saturated rings. The summed E-state index contributed by atoms with van der Waals surface area (Å²) in [5, 5.41) is 3.26. The first kappa shape index (κ1) is 12.1. The highest BCUT2D eigenvalue weighted by molar-refractivity contribution is 5.79. The van der Waals surface area contributed by atoms with Crippen molar-refractivity contribution in [2.45, 2.75) is 26.2 Å². The lowest BCUT2D eigenvalue weighted by Gasteiger charge is -2.28. The molecule has 0 saturated carbocycles. The van der Waals surface area contributed by atoms with Crippen molar-refractivity contribution in [1.29, 1.82) is 0 Å². The maximum absolute atomic E-state index is 12.1. The van der Waals surface area contributed by atoms with Crippen molar-refractivity contribution in [2.75, 3.05) is 26.2 Å². The Kier molecular flexibility index (Phi) is 5.20. The minimum Gasteiger partial charge on any atom is -0.331 e. The molecule has 0 unspecified atom stereocenters. The van der Waals surface area contributed by atoms with E-state index in [-0.39, 0.29) is 11.8 Å². The maximum Gasteiger partial charge on any atom is 0.227 e. The third-order valence-electron chi connectivity index (χ3n) is 2.73. The zero-order valence-corrected chi connectivity index (χ0v) is 9.46. The third-order valence-corrected chi connectivity index (χ3v) is 2.73. The molecule has 0 bridgehead atoms. The van der Waals surface area contributed by atoms with Gasteiger partial charge in [-0.25, -0.2) is 0 Å². The smallest absolute Gasteiger partial charge is 0.227 e. The lowest BCUT2D eigenvalue weighted by atomic mass is 9.98. The number of nitrogens with one attached hydrogen (secondary N) is 1. The number of carbonyl (C=O) groups excluding carboxylic acids is 1. The fourth-order valence-corrected chi connectivity index (χ4v) is 1.97. The highest BCUT2D eigenvalue weighted by Crippen LogP contribution is 2.13. The number of amides is 1. The molecule has 0 aromatic carbocycles. The molecule has 84 valence electrons. The van der Waals surface area contributed by atoms with Crippen LogP contribution in [-0.2, 0) is 4.79 Å². The van der Waals surface area contributed by atoms with Crippen LogP contribution in [0.1, 0.15) is 26.2 Å². The van der Waals surface area contributed by atoms with Crippen LogP contribution < -0.4 is 5.32 Å². The van der Waals surface area contributed by atoms with Crippen molar-refractivity contribution in [3.63, 3.8) is 0 Å². The number of hydrogen-bond donors (Lipinski definition) is 1. The summed E-state index contributed by atoms with van der Waals surface area (Å²) >= 11 is 0. The zero-order valence-electron chi connectivity index (χ0n) is 9.46. The maximum atomic E-state index is 12.1. The Morgan fingerprint density at radius 2 is 2.47 bits per heavy atom. The minimum absolute atomic E-state index is 0.138. The molecule has 0 aromatic heterocycles. The number of carbonyl (C=O) groups is 1. The van der Waals surface area contributed by atoms with Gasteiger partial charge in [0.1, 0.15) is 0 Å². The lowest BCUT2D eigenvalue weighted by molar-refractivity contribution is -0.135. The summed E-state index contributed by atoms with van der Waals surface area (Å²) in [6.07, 6.45) is 8.32. The average molecular weight is 208 g/mol. The topological polar surface area (TPSA) is 32.3 Å². The number of hydrogen-bond acceptors (Lipinski definition) is 2. The predicted molar refractivity (Wildman–Crippen MR) is 61.3 cm³/mol. The summed E-state index contributed by atoms with van der Waals surface area (Å²) in [5.74, 6) is 2.92. The minimum atomic E-state index is 0.138. The molecule has 3 heteroatoms. The molecule has 1 aliphatic rings. The second-order valence-corrected chi connectivity index (χ2v) is 4.01. The highest BCUT2D eigenvalue weighted by Gasteiger charge is 2.24. The molecule has 1 atom stereocenters. The Bertz CT molecular complexity index is 238. The fraction of sp³-hybridized carbons (Fsp3) is 0.750. The Morgan fingerprint density at radius 1 is 1.67 bits per heavy atom. The SMILES string of the molecule is C#CCN(CCC)C(=O)[C@H]1CCCNC1. The first-order chi connectivity index (χ1) is 7.29. The summed E-state index contributed by atoms with van der Waals surface area (Å²) in [7, 11) is 0. The molecular weight excluding hydrogens is 188 g/mol. The number of nitrogens with zero attached hydrogens (tertiary/aromatic N) is 1. The van der Waals surface area contributed by atoms with Crippen LogP contribution in [0.25, 0.3) is 0 Å². The van der Waals surface area contributed by atoms with E-state index in [1.54, 1.807) is 4.90 Å². The molecule has 0 spiro atoms. The monoisotopic (exact) mass is 208 g/mol. The van der Waals surface area contributed by atoms with E-state index in [0.29, 0.717) is 6.54 Å². The van der Waals surface area contributed by atoms with E-state index < -0.39 is 0 Å². The van der Waals surface area contributed by atoms with Gasteiger partial charge in [-0.3, -0.25) is 4.79 Å². The molecule has 1 saturated heterocycles. The van der Waals surface area contributed by atoms with Gasteiger partial charge in [-0.1, -0.05) is 12.8 Å². The third kappa shape index (κ3) is 3.56. The molecule has 0 aliphatic carbocycles. The first-order valence-corrected chi connectivity index (χ1v) is 5.72. The Balaban J connectivity index is 2.50. The Labute approximate surface area is 92.2 Å². The molecule has 3 nitrogen and oxygen atoms in total. The van der Waals surface area contributed by atoms with Crippen LogP contribution in [0.15, 0.2) is 0 Å².